The van der Waals surface area contributed by atoms with Crippen molar-refractivity contribution in [2.24, 2.45) is 0 Å². The van der Waals surface area contributed by atoms with E-state index in [9.17, 15) is 20.1 Å². The standard InChI is InChI=1S/C25H28O4/c1-16(2)5-10-19-15-22(25(29)21(24(19)28)13-6-17(3)4)23(27)14-9-18-7-11-20(26)12-8-18/h5-9,11-12,14-15,26,28-29H,10,13H2,1-4H3/b14-9+. The summed E-state index contributed by atoms with van der Waals surface area (Å²) in [6, 6.07) is 8.01. The normalized spacial score (nSPS) is 10.8. The number of aromatic hydroxyl groups is 3. The van der Waals surface area contributed by atoms with Crippen LogP contribution in [0.5, 0.6) is 17.2 Å². The van der Waals surface area contributed by atoms with Crippen LogP contribution < -0.4 is 0 Å². The Morgan fingerprint density at radius 1 is 0.862 bits per heavy atom. The van der Waals surface area contributed by atoms with Gasteiger partial charge in [0.2, 0.25) is 0 Å². The molecule has 4 nitrogen and oxygen atoms in total. The van der Waals surface area contributed by atoms with E-state index in [0.29, 0.717) is 24.0 Å². The zero-order valence-electron chi connectivity index (χ0n) is 17.4. The lowest BCUT2D eigenvalue weighted by Crippen LogP contribution is -2.01. The summed E-state index contributed by atoms with van der Waals surface area (Å²) in [5.74, 6) is -0.372. The molecule has 3 N–H and O–H groups in total. The number of benzene rings is 2. The van der Waals surface area contributed by atoms with Crippen LogP contribution >= 0.6 is 0 Å². The molecule has 0 aliphatic carbocycles. The maximum atomic E-state index is 12.8. The fraction of sp³-hybridized carbons (Fsp3) is 0.240. The molecule has 29 heavy (non-hydrogen) atoms. The second-order valence-electron chi connectivity index (χ2n) is 7.52. The van der Waals surface area contributed by atoms with E-state index in [1.54, 1.807) is 24.3 Å². The lowest BCUT2D eigenvalue weighted by molar-refractivity contribution is 0.104. The molecule has 0 radical (unpaired) electrons. The molecule has 0 aromatic heterocycles. The van der Waals surface area contributed by atoms with Crippen LogP contribution in [0.15, 0.2) is 59.7 Å². The molecule has 0 aliphatic rings. The predicted octanol–water partition coefficient (Wildman–Crippen LogP) is 5.72. The van der Waals surface area contributed by atoms with Crippen molar-refractivity contribution in [2.75, 3.05) is 0 Å². The average molecular weight is 392 g/mol. The molecule has 0 amide bonds. The second kappa shape index (κ2) is 9.78. The van der Waals surface area contributed by atoms with Crippen molar-refractivity contribution >= 4 is 11.9 Å². The molecular formula is C25H28O4. The number of hydrogen-bond acceptors (Lipinski definition) is 4. The molecule has 0 saturated carbocycles. The lowest BCUT2D eigenvalue weighted by atomic mass is 9.95. The van der Waals surface area contributed by atoms with Crippen LogP contribution in [0.25, 0.3) is 6.08 Å². The van der Waals surface area contributed by atoms with E-state index in [-0.39, 0.29) is 28.6 Å². The van der Waals surface area contributed by atoms with Crippen LogP contribution in [-0.2, 0) is 12.8 Å². The first kappa shape index (κ1) is 22.0. The van der Waals surface area contributed by atoms with Gasteiger partial charge in [0, 0.05) is 5.56 Å². The van der Waals surface area contributed by atoms with Gasteiger partial charge in [-0.25, -0.2) is 0 Å². The molecule has 0 saturated heterocycles. The molecular weight excluding hydrogens is 364 g/mol. The van der Waals surface area contributed by atoms with Crippen molar-refractivity contribution < 1.29 is 20.1 Å². The highest BCUT2D eigenvalue weighted by Gasteiger charge is 2.19. The van der Waals surface area contributed by atoms with Gasteiger partial charge < -0.3 is 15.3 Å². The SMILES string of the molecule is CC(C)=CCc1cc(C(=O)/C=C/c2ccc(O)cc2)c(O)c(CC=C(C)C)c1O. The summed E-state index contributed by atoms with van der Waals surface area (Å²) in [6.07, 6.45) is 7.69. The molecule has 152 valence electrons. The topological polar surface area (TPSA) is 77.8 Å². The molecule has 0 unspecified atom stereocenters. The summed E-state index contributed by atoms with van der Waals surface area (Å²) in [6.45, 7) is 7.81. The lowest BCUT2D eigenvalue weighted by Gasteiger charge is -2.14. The van der Waals surface area contributed by atoms with Crippen LogP contribution in [-0.4, -0.2) is 21.1 Å². The van der Waals surface area contributed by atoms with Gasteiger partial charge >= 0.3 is 0 Å². The molecule has 0 aliphatic heterocycles. The zero-order valence-corrected chi connectivity index (χ0v) is 17.4. The summed E-state index contributed by atoms with van der Waals surface area (Å²) in [7, 11) is 0. The Bertz CT molecular complexity index is 969. The first-order chi connectivity index (χ1) is 13.7. The minimum absolute atomic E-state index is 0.0246. The highest BCUT2D eigenvalue weighted by Crippen LogP contribution is 2.36. The molecule has 0 fully saturated rings. The van der Waals surface area contributed by atoms with Crippen LogP contribution in [0.2, 0.25) is 0 Å². The van der Waals surface area contributed by atoms with Crippen molar-refractivity contribution in [3.8, 4) is 17.2 Å². The fourth-order valence-electron chi connectivity index (χ4n) is 2.78. The van der Waals surface area contributed by atoms with E-state index in [2.05, 4.69) is 0 Å². The molecule has 2 aromatic carbocycles. The van der Waals surface area contributed by atoms with Crippen molar-refractivity contribution in [3.05, 3.63) is 82.0 Å². The molecule has 0 bridgehead atoms. The number of phenolic OH excluding ortho intramolecular Hbond substituents is 3. The Kier molecular flexibility index (Phi) is 7.43. The summed E-state index contributed by atoms with van der Waals surface area (Å²) in [4.78, 5) is 12.8. The number of carbonyl (C=O) groups excluding carboxylic acids is 1. The van der Waals surface area contributed by atoms with Gasteiger partial charge in [0.15, 0.2) is 5.78 Å². The maximum Gasteiger partial charge on any atom is 0.189 e. The van der Waals surface area contributed by atoms with Crippen molar-refractivity contribution in [1.82, 2.24) is 0 Å². The van der Waals surface area contributed by atoms with Crippen molar-refractivity contribution in [3.63, 3.8) is 0 Å². The molecule has 0 atom stereocenters. The van der Waals surface area contributed by atoms with Gasteiger partial charge in [-0.15, -0.1) is 0 Å². The predicted molar refractivity (Wildman–Crippen MR) is 118 cm³/mol. The number of carbonyl (C=O) groups is 1. The van der Waals surface area contributed by atoms with E-state index in [1.807, 2.05) is 39.8 Å². The van der Waals surface area contributed by atoms with Crippen LogP contribution in [0.4, 0.5) is 0 Å². The monoisotopic (exact) mass is 392 g/mol. The van der Waals surface area contributed by atoms with Gasteiger partial charge in [-0.05, 0) is 75.9 Å². The maximum absolute atomic E-state index is 12.8. The first-order valence-electron chi connectivity index (χ1n) is 9.54. The van der Waals surface area contributed by atoms with E-state index < -0.39 is 0 Å². The third kappa shape index (κ3) is 6.11. The number of ketones is 1. The molecule has 4 heteroatoms. The molecule has 0 spiro atoms. The molecule has 0 heterocycles. The molecule has 2 rings (SSSR count). The third-order valence-corrected chi connectivity index (χ3v) is 4.48. The zero-order chi connectivity index (χ0) is 21.6. The van der Waals surface area contributed by atoms with Crippen LogP contribution in [0.1, 0.15) is 54.7 Å². The quantitative estimate of drug-likeness (QED) is 0.320. The number of rotatable bonds is 7. The number of hydrogen-bond donors (Lipinski definition) is 3. The molecule has 2 aromatic rings. The van der Waals surface area contributed by atoms with Gasteiger partial charge in [0.1, 0.15) is 17.2 Å². The minimum Gasteiger partial charge on any atom is -0.508 e. The van der Waals surface area contributed by atoms with Gasteiger partial charge in [0.05, 0.1) is 5.56 Å². The minimum atomic E-state index is -0.354. The van der Waals surface area contributed by atoms with Crippen molar-refractivity contribution in [1.29, 1.82) is 0 Å². The fourth-order valence-corrected chi connectivity index (χ4v) is 2.78. The first-order valence-corrected chi connectivity index (χ1v) is 9.54. The third-order valence-electron chi connectivity index (χ3n) is 4.48. The highest BCUT2D eigenvalue weighted by molar-refractivity contribution is 6.09. The van der Waals surface area contributed by atoms with Crippen molar-refractivity contribution in [2.45, 2.75) is 40.5 Å². The van der Waals surface area contributed by atoms with E-state index in [1.165, 1.54) is 18.2 Å². The largest absolute Gasteiger partial charge is 0.508 e. The van der Waals surface area contributed by atoms with E-state index >= 15 is 0 Å². The Balaban J connectivity index is 2.47. The Labute approximate surface area is 172 Å². The van der Waals surface area contributed by atoms with E-state index in [0.717, 1.165) is 16.7 Å². The summed E-state index contributed by atoms with van der Waals surface area (Å²) in [5, 5.41) is 30.7. The second-order valence-corrected chi connectivity index (χ2v) is 7.52. The van der Waals surface area contributed by atoms with Crippen LogP contribution in [0, 0.1) is 0 Å². The smallest absolute Gasteiger partial charge is 0.189 e. The van der Waals surface area contributed by atoms with Gasteiger partial charge in [-0.2, -0.15) is 0 Å². The van der Waals surface area contributed by atoms with Gasteiger partial charge in [-0.3, -0.25) is 4.79 Å². The summed E-state index contributed by atoms with van der Waals surface area (Å²) < 4.78 is 0. The Morgan fingerprint density at radius 3 is 2.03 bits per heavy atom. The summed E-state index contributed by atoms with van der Waals surface area (Å²) in [5.41, 5.74) is 4.02. The van der Waals surface area contributed by atoms with Gasteiger partial charge in [-0.1, -0.05) is 41.5 Å². The number of allylic oxidation sites excluding steroid dienone is 5. The number of phenols is 3. The Morgan fingerprint density at radius 2 is 1.45 bits per heavy atom. The van der Waals surface area contributed by atoms with E-state index in [4.69, 9.17) is 0 Å². The summed E-state index contributed by atoms with van der Waals surface area (Å²) >= 11 is 0. The Hall–Kier alpha value is -3.27. The average Bonchev–Trinajstić information content (AvgIpc) is 2.66. The van der Waals surface area contributed by atoms with Crippen LogP contribution in [0.3, 0.4) is 0 Å². The van der Waals surface area contributed by atoms with Gasteiger partial charge in [0.25, 0.3) is 0 Å². The highest BCUT2D eigenvalue weighted by atomic mass is 16.3.